The maximum Gasteiger partial charge on any atom is 0.253 e. The smallest absolute Gasteiger partial charge is 0.253 e. The van der Waals surface area contributed by atoms with E-state index in [1.54, 1.807) is 24.3 Å². The monoisotopic (exact) mass is 360 g/mol. The topological polar surface area (TPSA) is 95.4 Å². The number of benzene rings is 3. The molecule has 3 rings (SSSR count). The third kappa shape index (κ3) is 3.40. The molecule has 0 unspecified atom stereocenters. The van der Waals surface area contributed by atoms with Gasteiger partial charge >= 0.3 is 0 Å². The molecule has 0 aromatic heterocycles. The van der Waals surface area contributed by atoms with E-state index in [0.717, 1.165) is 22.3 Å². The second kappa shape index (κ2) is 7.33. The minimum absolute atomic E-state index is 0.330. The Balaban J connectivity index is 2.36. The van der Waals surface area contributed by atoms with Crippen LogP contribution in [-0.2, 0) is 0 Å². The lowest BCUT2D eigenvalue weighted by atomic mass is 9.87. The average molecular weight is 360 g/mol. The summed E-state index contributed by atoms with van der Waals surface area (Å²) >= 11 is 0. The highest BCUT2D eigenvalue weighted by molar-refractivity contribution is 6.05. The van der Waals surface area contributed by atoms with Gasteiger partial charge in [0, 0.05) is 11.1 Å². The molecule has 0 aliphatic rings. The van der Waals surface area contributed by atoms with E-state index in [4.69, 9.17) is 16.2 Å². The number of carbonyl (C=O) groups is 2. The molecule has 0 saturated heterocycles. The zero-order valence-electron chi connectivity index (χ0n) is 15.2. The van der Waals surface area contributed by atoms with E-state index in [9.17, 15) is 9.59 Å². The molecular weight excluding hydrogens is 340 g/mol. The Bertz CT molecular complexity index is 1030. The fraction of sp³-hybridized carbons (Fsp3) is 0.0909. The Morgan fingerprint density at radius 2 is 1.52 bits per heavy atom. The largest absolute Gasteiger partial charge is 0.496 e. The molecule has 136 valence electrons. The summed E-state index contributed by atoms with van der Waals surface area (Å²) in [5, 5.41) is 0. The maximum atomic E-state index is 12.2. The van der Waals surface area contributed by atoms with Gasteiger partial charge in [-0.1, -0.05) is 42.5 Å². The van der Waals surface area contributed by atoms with Crippen molar-refractivity contribution in [1.82, 2.24) is 0 Å². The molecule has 0 aliphatic heterocycles. The molecule has 0 heterocycles. The second-order valence-corrected chi connectivity index (χ2v) is 6.18. The van der Waals surface area contributed by atoms with E-state index in [0.29, 0.717) is 22.4 Å². The van der Waals surface area contributed by atoms with Crippen molar-refractivity contribution in [1.29, 1.82) is 0 Å². The fourth-order valence-electron chi connectivity index (χ4n) is 3.27. The molecule has 2 amide bonds. The van der Waals surface area contributed by atoms with Gasteiger partial charge in [0.15, 0.2) is 0 Å². The van der Waals surface area contributed by atoms with Crippen molar-refractivity contribution in [2.45, 2.75) is 6.92 Å². The van der Waals surface area contributed by atoms with Crippen LogP contribution in [0.1, 0.15) is 26.3 Å². The summed E-state index contributed by atoms with van der Waals surface area (Å²) < 4.78 is 5.47. The Morgan fingerprint density at radius 3 is 2.11 bits per heavy atom. The first-order chi connectivity index (χ1) is 12.9. The van der Waals surface area contributed by atoms with Crippen molar-refractivity contribution in [2.24, 2.45) is 11.5 Å². The molecule has 4 N–H and O–H groups in total. The highest BCUT2D eigenvalue weighted by Gasteiger charge is 2.22. The van der Waals surface area contributed by atoms with E-state index >= 15 is 0 Å². The van der Waals surface area contributed by atoms with Gasteiger partial charge in [-0.05, 0) is 47.4 Å². The molecule has 3 aromatic carbocycles. The minimum Gasteiger partial charge on any atom is -0.496 e. The molecule has 5 nitrogen and oxygen atoms in total. The standard InChI is InChI=1S/C22H20N2O3/c1-13-17(15-9-6-10-16(11-15)21(23)25)12-18(27-2)20(22(24)26)19(13)14-7-4-3-5-8-14/h3-12H,1-2H3,(H2,23,25)(H2,24,26). The van der Waals surface area contributed by atoms with Crippen LogP contribution in [-0.4, -0.2) is 18.9 Å². The van der Waals surface area contributed by atoms with Crippen molar-refractivity contribution in [3.63, 3.8) is 0 Å². The Kier molecular flexibility index (Phi) is 4.94. The summed E-state index contributed by atoms with van der Waals surface area (Å²) in [5.74, 6) is -0.684. The normalized spacial score (nSPS) is 10.4. The van der Waals surface area contributed by atoms with Crippen molar-refractivity contribution >= 4 is 11.8 Å². The number of hydrogen-bond acceptors (Lipinski definition) is 3. The molecule has 5 heteroatoms. The maximum absolute atomic E-state index is 12.2. The fourth-order valence-corrected chi connectivity index (χ4v) is 3.27. The Morgan fingerprint density at radius 1 is 0.852 bits per heavy atom. The van der Waals surface area contributed by atoms with Crippen LogP contribution in [0.25, 0.3) is 22.3 Å². The van der Waals surface area contributed by atoms with E-state index in [1.165, 1.54) is 7.11 Å². The molecule has 0 bridgehead atoms. The van der Waals surface area contributed by atoms with Gasteiger partial charge in [0.1, 0.15) is 5.75 Å². The van der Waals surface area contributed by atoms with Crippen LogP contribution in [0.2, 0.25) is 0 Å². The lowest BCUT2D eigenvalue weighted by molar-refractivity contribution is 0.0990. The van der Waals surface area contributed by atoms with Crippen molar-refractivity contribution in [2.75, 3.05) is 7.11 Å². The molecular formula is C22H20N2O3. The molecule has 0 radical (unpaired) electrons. The van der Waals surface area contributed by atoms with E-state index in [-0.39, 0.29) is 0 Å². The first-order valence-corrected chi connectivity index (χ1v) is 8.41. The van der Waals surface area contributed by atoms with Gasteiger partial charge in [0.25, 0.3) is 5.91 Å². The number of primary amides is 2. The number of carbonyl (C=O) groups excluding carboxylic acids is 2. The first kappa shape index (κ1) is 18.2. The van der Waals surface area contributed by atoms with Crippen LogP contribution in [0, 0.1) is 6.92 Å². The van der Waals surface area contributed by atoms with Crippen molar-refractivity contribution in [3.05, 3.63) is 77.4 Å². The third-order valence-corrected chi connectivity index (χ3v) is 4.54. The van der Waals surface area contributed by atoms with Gasteiger partial charge in [-0.2, -0.15) is 0 Å². The van der Waals surface area contributed by atoms with Crippen LogP contribution in [0.5, 0.6) is 5.75 Å². The Labute approximate surface area is 157 Å². The number of rotatable bonds is 5. The highest BCUT2D eigenvalue weighted by Crippen LogP contribution is 2.40. The van der Waals surface area contributed by atoms with E-state index in [1.807, 2.05) is 43.3 Å². The molecule has 0 fully saturated rings. The lowest BCUT2D eigenvalue weighted by Crippen LogP contribution is -2.15. The predicted molar refractivity (Wildman–Crippen MR) is 106 cm³/mol. The molecule has 0 atom stereocenters. The van der Waals surface area contributed by atoms with E-state index in [2.05, 4.69) is 0 Å². The number of methoxy groups -OCH3 is 1. The lowest BCUT2D eigenvalue weighted by Gasteiger charge is -2.19. The minimum atomic E-state index is -0.564. The summed E-state index contributed by atoms with van der Waals surface area (Å²) in [6.45, 7) is 1.92. The third-order valence-electron chi connectivity index (χ3n) is 4.54. The molecule has 0 spiro atoms. The van der Waals surface area contributed by atoms with Gasteiger partial charge in [-0.15, -0.1) is 0 Å². The zero-order valence-corrected chi connectivity index (χ0v) is 15.2. The average Bonchev–Trinajstić information content (AvgIpc) is 2.68. The van der Waals surface area contributed by atoms with Crippen molar-refractivity contribution in [3.8, 4) is 28.0 Å². The summed E-state index contributed by atoms with van der Waals surface area (Å²) in [6.07, 6.45) is 0. The van der Waals surface area contributed by atoms with Gasteiger partial charge in [-0.3, -0.25) is 9.59 Å². The number of nitrogens with two attached hydrogens (primary N) is 2. The SMILES string of the molecule is COc1cc(-c2cccc(C(N)=O)c2)c(C)c(-c2ccccc2)c1C(N)=O. The van der Waals surface area contributed by atoms with Gasteiger partial charge in [0.05, 0.1) is 12.7 Å². The second-order valence-electron chi connectivity index (χ2n) is 6.18. The molecule has 0 saturated carbocycles. The highest BCUT2D eigenvalue weighted by atomic mass is 16.5. The van der Waals surface area contributed by atoms with Gasteiger partial charge in [-0.25, -0.2) is 0 Å². The Hall–Kier alpha value is -3.60. The van der Waals surface area contributed by atoms with Gasteiger partial charge in [0.2, 0.25) is 5.91 Å². The van der Waals surface area contributed by atoms with E-state index < -0.39 is 11.8 Å². The molecule has 0 aliphatic carbocycles. The molecule has 27 heavy (non-hydrogen) atoms. The predicted octanol–water partition coefficient (Wildman–Crippen LogP) is 3.54. The zero-order chi connectivity index (χ0) is 19.6. The van der Waals surface area contributed by atoms with Crippen LogP contribution in [0.15, 0.2) is 60.7 Å². The van der Waals surface area contributed by atoms with Crippen LogP contribution in [0.4, 0.5) is 0 Å². The van der Waals surface area contributed by atoms with Gasteiger partial charge < -0.3 is 16.2 Å². The number of amides is 2. The van der Waals surface area contributed by atoms with Crippen LogP contribution >= 0.6 is 0 Å². The molecule has 3 aromatic rings. The number of ether oxygens (including phenoxy) is 1. The summed E-state index contributed by atoms with van der Waals surface area (Å²) in [4.78, 5) is 23.8. The van der Waals surface area contributed by atoms with Crippen molar-refractivity contribution < 1.29 is 14.3 Å². The summed E-state index contributed by atoms with van der Waals surface area (Å²) in [7, 11) is 1.50. The number of hydrogen-bond donors (Lipinski definition) is 2. The van der Waals surface area contributed by atoms with Crippen LogP contribution < -0.4 is 16.2 Å². The summed E-state index contributed by atoms with van der Waals surface area (Å²) in [5.41, 5.74) is 15.9. The summed E-state index contributed by atoms with van der Waals surface area (Å²) in [6, 6.07) is 18.3. The first-order valence-electron chi connectivity index (χ1n) is 8.41. The van der Waals surface area contributed by atoms with Crippen LogP contribution in [0.3, 0.4) is 0 Å². The quantitative estimate of drug-likeness (QED) is 0.728.